The lowest BCUT2D eigenvalue weighted by Crippen LogP contribution is -2.39. The van der Waals surface area contributed by atoms with Crippen molar-refractivity contribution in [3.8, 4) is 17.2 Å². The van der Waals surface area contributed by atoms with Gasteiger partial charge in [-0.25, -0.2) is 0 Å². The molecule has 6 heteroatoms. The van der Waals surface area contributed by atoms with Crippen LogP contribution in [0.3, 0.4) is 0 Å². The molecule has 0 atom stereocenters. The minimum atomic E-state index is 0.138. The third-order valence-electron chi connectivity index (χ3n) is 6.90. The number of fused-ring (bicyclic) bond motifs is 1. The van der Waals surface area contributed by atoms with Gasteiger partial charge in [0, 0.05) is 43.9 Å². The zero-order valence-electron chi connectivity index (χ0n) is 22.7. The highest BCUT2D eigenvalue weighted by atomic mass is 16.5. The second-order valence-electron chi connectivity index (χ2n) is 9.65. The van der Waals surface area contributed by atoms with Gasteiger partial charge >= 0.3 is 0 Å². The number of carbonyl (C=O) groups excluding carboxylic acids is 1. The van der Waals surface area contributed by atoms with E-state index in [0.717, 1.165) is 67.3 Å². The Kier molecular flexibility index (Phi) is 10.5. The molecule has 0 N–H and O–H groups in total. The van der Waals surface area contributed by atoms with Gasteiger partial charge in [0.15, 0.2) is 11.5 Å². The van der Waals surface area contributed by atoms with Crippen molar-refractivity contribution in [3.63, 3.8) is 0 Å². The Labute approximate surface area is 227 Å². The summed E-state index contributed by atoms with van der Waals surface area (Å²) in [4.78, 5) is 17.9. The molecule has 6 nitrogen and oxygen atoms in total. The summed E-state index contributed by atoms with van der Waals surface area (Å²) in [6, 6.07) is 24.4. The fraction of sp³-hybridized carbons (Fsp3) is 0.406. The monoisotopic (exact) mass is 516 g/mol. The largest absolute Gasteiger partial charge is 0.496 e. The van der Waals surface area contributed by atoms with Crippen molar-refractivity contribution in [2.24, 2.45) is 0 Å². The molecule has 4 rings (SSSR count). The summed E-state index contributed by atoms with van der Waals surface area (Å²) in [5, 5.41) is 0. The number of rotatable bonds is 7. The molecule has 38 heavy (non-hydrogen) atoms. The fourth-order valence-corrected chi connectivity index (χ4v) is 4.92. The average Bonchev–Trinajstić information content (AvgIpc) is 2.95. The summed E-state index contributed by atoms with van der Waals surface area (Å²) in [6.45, 7) is 6.88. The molecule has 1 heterocycles. The molecule has 0 saturated carbocycles. The lowest BCUT2D eigenvalue weighted by atomic mass is 10.1. The summed E-state index contributed by atoms with van der Waals surface area (Å²) in [7, 11) is 1.65. The lowest BCUT2D eigenvalue weighted by Gasteiger charge is -2.29. The maximum atomic E-state index is 13.5. The smallest absolute Gasteiger partial charge is 0.227 e. The molecule has 0 bridgehead atoms. The summed E-state index contributed by atoms with van der Waals surface area (Å²) in [5.74, 6) is 2.54. The lowest BCUT2D eigenvalue weighted by molar-refractivity contribution is -0.130. The van der Waals surface area contributed by atoms with Gasteiger partial charge in [-0.2, -0.15) is 0 Å². The first-order valence-electron chi connectivity index (χ1n) is 13.7. The minimum absolute atomic E-state index is 0.138. The van der Waals surface area contributed by atoms with E-state index in [1.165, 1.54) is 5.56 Å². The molecule has 0 unspecified atom stereocenters. The summed E-state index contributed by atoms with van der Waals surface area (Å²) in [5.41, 5.74) is 3.28. The number of ether oxygens (including phenoxy) is 3. The molecule has 0 aliphatic carbocycles. The highest BCUT2D eigenvalue weighted by molar-refractivity contribution is 5.79. The first kappa shape index (κ1) is 27.5. The zero-order chi connectivity index (χ0) is 26.6. The zero-order valence-corrected chi connectivity index (χ0v) is 22.7. The first-order valence-corrected chi connectivity index (χ1v) is 13.7. The van der Waals surface area contributed by atoms with Crippen LogP contribution in [0.5, 0.6) is 17.2 Å². The number of hydrogen-bond donors (Lipinski definition) is 0. The van der Waals surface area contributed by atoms with Crippen molar-refractivity contribution in [1.82, 2.24) is 9.80 Å². The predicted molar refractivity (Wildman–Crippen MR) is 151 cm³/mol. The van der Waals surface area contributed by atoms with Gasteiger partial charge < -0.3 is 19.1 Å². The van der Waals surface area contributed by atoms with E-state index in [0.29, 0.717) is 32.7 Å². The van der Waals surface area contributed by atoms with E-state index in [-0.39, 0.29) is 5.91 Å². The Morgan fingerprint density at radius 2 is 1.66 bits per heavy atom. The van der Waals surface area contributed by atoms with Crippen LogP contribution in [-0.4, -0.2) is 55.7 Å². The maximum absolute atomic E-state index is 13.5. The second-order valence-corrected chi connectivity index (χ2v) is 9.65. The molecule has 1 aliphatic rings. The minimum Gasteiger partial charge on any atom is -0.496 e. The van der Waals surface area contributed by atoms with E-state index in [2.05, 4.69) is 35.2 Å². The normalized spacial score (nSPS) is 15.3. The molecule has 0 fully saturated rings. The summed E-state index contributed by atoms with van der Waals surface area (Å²) < 4.78 is 17.7. The highest BCUT2D eigenvalue weighted by Crippen LogP contribution is 2.33. The van der Waals surface area contributed by atoms with E-state index in [4.69, 9.17) is 14.2 Å². The van der Waals surface area contributed by atoms with Gasteiger partial charge in [-0.15, -0.1) is 0 Å². The third-order valence-corrected chi connectivity index (χ3v) is 6.90. The maximum Gasteiger partial charge on any atom is 0.227 e. The average molecular weight is 517 g/mol. The van der Waals surface area contributed by atoms with E-state index in [1.54, 1.807) is 7.11 Å². The Hall–Kier alpha value is -3.51. The summed E-state index contributed by atoms with van der Waals surface area (Å²) >= 11 is 0. The fourth-order valence-electron chi connectivity index (χ4n) is 4.92. The molecule has 3 aromatic rings. The van der Waals surface area contributed by atoms with Crippen molar-refractivity contribution in [1.29, 1.82) is 0 Å². The third kappa shape index (κ3) is 7.75. The van der Waals surface area contributed by atoms with Gasteiger partial charge in [-0.3, -0.25) is 9.69 Å². The number of benzene rings is 3. The van der Waals surface area contributed by atoms with Crippen LogP contribution in [0.1, 0.15) is 42.9 Å². The van der Waals surface area contributed by atoms with E-state index < -0.39 is 0 Å². The Bertz CT molecular complexity index is 1150. The van der Waals surface area contributed by atoms with Crippen LogP contribution >= 0.6 is 0 Å². The van der Waals surface area contributed by atoms with E-state index in [9.17, 15) is 4.79 Å². The molecule has 1 amide bonds. The standard InChI is InChI=1S/C32H40N2O4/c1-3-37-30-18-12-16-28-25-33(24-26-13-6-4-7-14-26)20-21-34(19-10-5-11-22-38-32(28)30)31(35)23-27-15-8-9-17-29(27)36-2/h4,6-9,12-18H,3,5,10-11,19-25H2,1-2H3. The number of hydrogen-bond acceptors (Lipinski definition) is 5. The van der Waals surface area contributed by atoms with Gasteiger partial charge in [0.05, 0.1) is 26.7 Å². The molecule has 3 aromatic carbocycles. The highest BCUT2D eigenvalue weighted by Gasteiger charge is 2.20. The Balaban J connectivity index is 1.57. The summed E-state index contributed by atoms with van der Waals surface area (Å²) in [6.07, 6.45) is 3.21. The molecule has 0 saturated heterocycles. The number of nitrogens with zero attached hydrogens (tertiary/aromatic N) is 2. The molecule has 202 valence electrons. The van der Waals surface area contributed by atoms with Crippen LogP contribution < -0.4 is 14.2 Å². The van der Waals surface area contributed by atoms with Crippen molar-refractivity contribution < 1.29 is 19.0 Å². The van der Waals surface area contributed by atoms with Crippen LogP contribution in [-0.2, 0) is 24.3 Å². The SMILES string of the molecule is CCOc1cccc2c1OCCCCCN(C(=O)Cc1ccccc1OC)CCN(Cc1ccccc1)C2. The molecular formula is C32H40N2O4. The van der Waals surface area contributed by atoms with Crippen LogP contribution in [0.25, 0.3) is 0 Å². The van der Waals surface area contributed by atoms with Crippen LogP contribution in [0.4, 0.5) is 0 Å². The van der Waals surface area contributed by atoms with Gasteiger partial charge in [-0.1, -0.05) is 60.7 Å². The molecule has 0 spiro atoms. The van der Waals surface area contributed by atoms with Crippen LogP contribution in [0.2, 0.25) is 0 Å². The van der Waals surface area contributed by atoms with E-state index >= 15 is 0 Å². The topological polar surface area (TPSA) is 51.2 Å². The molecule has 1 aliphatic heterocycles. The predicted octanol–water partition coefficient (Wildman–Crippen LogP) is 5.73. The Morgan fingerprint density at radius 1 is 0.868 bits per heavy atom. The van der Waals surface area contributed by atoms with Crippen molar-refractivity contribution >= 4 is 5.91 Å². The van der Waals surface area contributed by atoms with Crippen molar-refractivity contribution in [2.75, 3.05) is 40.0 Å². The Morgan fingerprint density at radius 3 is 2.47 bits per heavy atom. The van der Waals surface area contributed by atoms with Crippen LogP contribution in [0, 0.1) is 0 Å². The van der Waals surface area contributed by atoms with E-state index in [1.807, 2.05) is 54.3 Å². The van der Waals surface area contributed by atoms with Gasteiger partial charge in [0.2, 0.25) is 5.91 Å². The van der Waals surface area contributed by atoms with Gasteiger partial charge in [0.25, 0.3) is 0 Å². The second kappa shape index (κ2) is 14.4. The number of para-hydroxylation sites is 2. The quantitative estimate of drug-likeness (QED) is 0.401. The molecule has 0 aromatic heterocycles. The van der Waals surface area contributed by atoms with Crippen molar-refractivity contribution in [2.45, 2.75) is 45.7 Å². The van der Waals surface area contributed by atoms with Crippen LogP contribution in [0.15, 0.2) is 72.8 Å². The van der Waals surface area contributed by atoms with Gasteiger partial charge in [0.1, 0.15) is 5.75 Å². The number of methoxy groups -OCH3 is 1. The number of carbonyl (C=O) groups is 1. The first-order chi connectivity index (χ1) is 18.7. The molecular weight excluding hydrogens is 476 g/mol. The number of amides is 1. The molecule has 0 radical (unpaired) electrons. The van der Waals surface area contributed by atoms with Gasteiger partial charge in [-0.05, 0) is 43.9 Å². The van der Waals surface area contributed by atoms with Crippen molar-refractivity contribution in [3.05, 3.63) is 89.5 Å².